The summed E-state index contributed by atoms with van der Waals surface area (Å²) in [5.41, 5.74) is 2.12. The van der Waals surface area contributed by atoms with E-state index in [-0.39, 0.29) is 18.4 Å². The van der Waals surface area contributed by atoms with Gasteiger partial charge in [0.05, 0.1) is 7.11 Å². The van der Waals surface area contributed by atoms with Crippen LogP contribution in [0.25, 0.3) is 0 Å². The van der Waals surface area contributed by atoms with Gasteiger partial charge in [0.1, 0.15) is 11.5 Å². The van der Waals surface area contributed by atoms with Crippen molar-refractivity contribution in [3.8, 4) is 23.0 Å². The molecule has 0 radical (unpaired) electrons. The SMILES string of the molecule is COc1ccc([C@H]2C[C@](C)(N3CCCC3)Oc3cc4c(cc32)OCO4)cc1. The first kappa shape index (κ1) is 16.8. The first-order chi connectivity index (χ1) is 13.2. The molecule has 0 aromatic heterocycles. The van der Waals surface area contributed by atoms with Crippen molar-refractivity contribution in [2.75, 3.05) is 27.0 Å². The molecule has 2 aromatic rings. The average Bonchev–Trinajstić information content (AvgIpc) is 3.38. The lowest BCUT2D eigenvalue weighted by atomic mass is 9.81. The van der Waals surface area contributed by atoms with Crippen molar-refractivity contribution in [2.24, 2.45) is 0 Å². The van der Waals surface area contributed by atoms with Crippen LogP contribution < -0.4 is 18.9 Å². The fraction of sp³-hybridized carbons (Fsp3) is 0.455. The highest BCUT2D eigenvalue weighted by Crippen LogP contribution is 2.50. The molecule has 5 heteroatoms. The van der Waals surface area contributed by atoms with E-state index in [1.165, 1.54) is 24.0 Å². The summed E-state index contributed by atoms with van der Waals surface area (Å²) in [6.07, 6.45) is 3.38. The summed E-state index contributed by atoms with van der Waals surface area (Å²) in [5, 5.41) is 0. The van der Waals surface area contributed by atoms with E-state index >= 15 is 0 Å². The Hall–Kier alpha value is -2.40. The van der Waals surface area contributed by atoms with Crippen molar-refractivity contribution < 1.29 is 18.9 Å². The van der Waals surface area contributed by atoms with Crippen molar-refractivity contribution >= 4 is 0 Å². The maximum absolute atomic E-state index is 6.59. The third kappa shape index (κ3) is 2.81. The predicted molar refractivity (Wildman–Crippen MR) is 102 cm³/mol. The average molecular weight is 367 g/mol. The molecule has 0 spiro atoms. The number of hydrogen-bond donors (Lipinski definition) is 0. The Morgan fingerprint density at radius 2 is 1.70 bits per heavy atom. The molecule has 3 aliphatic rings. The summed E-state index contributed by atoms with van der Waals surface area (Å²) >= 11 is 0. The Morgan fingerprint density at radius 3 is 2.41 bits per heavy atom. The summed E-state index contributed by atoms with van der Waals surface area (Å²) < 4.78 is 23.2. The van der Waals surface area contributed by atoms with E-state index < -0.39 is 0 Å². The van der Waals surface area contributed by atoms with Gasteiger partial charge < -0.3 is 18.9 Å². The molecule has 0 N–H and O–H groups in total. The quantitative estimate of drug-likeness (QED) is 0.815. The fourth-order valence-corrected chi connectivity index (χ4v) is 4.58. The zero-order valence-corrected chi connectivity index (χ0v) is 15.9. The molecule has 3 aliphatic heterocycles. The summed E-state index contributed by atoms with van der Waals surface area (Å²) in [7, 11) is 1.70. The second-order valence-electron chi connectivity index (χ2n) is 7.74. The Morgan fingerprint density at radius 1 is 1.00 bits per heavy atom. The number of benzene rings is 2. The molecule has 27 heavy (non-hydrogen) atoms. The molecule has 5 nitrogen and oxygen atoms in total. The van der Waals surface area contributed by atoms with Crippen LogP contribution in [0.15, 0.2) is 36.4 Å². The molecule has 3 heterocycles. The van der Waals surface area contributed by atoms with Gasteiger partial charge in [-0.05, 0) is 43.5 Å². The van der Waals surface area contributed by atoms with Crippen LogP contribution in [0.5, 0.6) is 23.0 Å². The molecule has 0 saturated carbocycles. The number of ether oxygens (including phenoxy) is 4. The van der Waals surface area contributed by atoms with Gasteiger partial charge in [-0.3, -0.25) is 4.90 Å². The molecule has 2 atom stereocenters. The van der Waals surface area contributed by atoms with E-state index in [2.05, 4.69) is 30.0 Å². The van der Waals surface area contributed by atoms with Gasteiger partial charge in [-0.2, -0.15) is 0 Å². The zero-order valence-electron chi connectivity index (χ0n) is 15.9. The van der Waals surface area contributed by atoms with E-state index in [0.29, 0.717) is 0 Å². The molecule has 5 rings (SSSR count). The monoisotopic (exact) mass is 367 g/mol. The number of nitrogens with zero attached hydrogens (tertiary/aromatic N) is 1. The lowest BCUT2D eigenvalue weighted by Crippen LogP contribution is -2.52. The summed E-state index contributed by atoms with van der Waals surface area (Å²) in [6.45, 7) is 4.68. The second kappa shape index (κ2) is 6.34. The van der Waals surface area contributed by atoms with Crippen LogP contribution in [-0.4, -0.2) is 37.6 Å². The second-order valence-corrected chi connectivity index (χ2v) is 7.74. The Kier molecular flexibility index (Phi) is 3.93. The topological polar surface area (TPSA) is 40.2 Å². The third-order valence-corrected chi connectivity index (χ3v) is 6.09. The van der Waals surface area contributed by atoms with Crippen LogP contribution in [0.2, 0.25) is 0 Å². The Bertz CT molecular complexity index is 844. The van der Waals surface area contributed by atoms with Gasteiger partial charge in [-0.1, -0.05) is 12.1 Å². The zero-order chi connectivity index (χ0) is 18.4. The first-order valence-corrected chi connectivity index (χ1v) is 9.68. The van der Waals surface area contributed by atoms with Crippen LogP contribution >= 0.6 is 0 Å². The first-order valence-electron chi connectivity index (χ1n) is 9.68. The minimum atomic E-state index is -0.318. The van der Waals surface area contributed by atoms with Gasteiger partial charge in [0.15, 0.2) is 17.2 Å². The van der Waals surface area contributed by atoms with Crippen LogP contribution in [0.1, 0.15) is 43.2 Å². The molecule has 0 aliphatic carbocycles. The van der Waals surface area contributed by atoms with E-state index in [1.54, 1.807) is 7.11 Å². The van der Waals surface area contributed by atoms with Crippen LogP contribution in [0.4, 0.5) is 0 Å². The molecule has 0 amide bonds. The maximum atomic E-state index is 6.59. The molecule has 0 bridgehead atoms. The summed E-state index contributed by atoms with van der Waals surface area (Å²) in [4.78, 5) is 2.48. The third-order valence-electron chi connectivity index (χ3n) is 6.09. The Labute approximate surface area is 159 Å². The van der Waals surface area contributed by atoms with Gasteiger partial charge in [0, 0.05) is 37.1 Å². The van der Waals surface area contributed by atoms with Gasteiger partial charge in [-0.15, -0.1) is 0 Å². The minimum absolute atomic E-state index is 0.236. The maximum Gasteiger partial charge on any atom is 0.231 e. The van der Waals surface area contributed by atoms with Crippen LogP contribution in [-0.2, 0) is 0 Å². The van der Waals surface area contributed by atoms with Gasteiger partial charge >= 0.3 is 0 Å². The van der Waals surface area contributed by atoms with Crippen molar-refractivity contribution in [1.29, 1.82) is 0 Å². The number of fused-ring (bicyclic) bond motifs is 2. The predicted octanol–water partition coefficient (Wildman–Crippen LogP) is 4.15. The highest BCUT2D eigenvalue weighted by atomic mass is 16.7. The largest absolute Gasteiger partial charge is 0.497 e. The molecule has 142 valence electrons. The molecular weight excluding hydrogens is 342 g/mol. The lowest BCUT2D eigenvalue weighted by Gasteiger charge is -2.45. The van der Waals surface area contributed by atoms with Crippen LogP contribution in [0.3, 0.4) is 0 Å². The summed E-state index contributed by atoms with van der Waals surface area (Å²) in [6, 6.07) is 12.5. The van der Waals surface area contributed by atoms with Crippen molar-refractivity contribution in [1.82, 2.24) is 4.90 Å². The highest BCUT2D eigenvalue weighted by molar-refractivity contribution is 5.56. The Balaban J connectivity index is 1.59. The van der Waals surface area contributed by atoms with Crippen LogP contribution in [0, 0.1) is 0 Å². The molecular formula is C22H25NO4. The number of methoxy groups -OCH3 is 1. The highest BCUT2D eigenvalue weighted by Gasteiger charge is 2.44. The van der Waals surface area contributed by atoms with E-state index in [4.69, 9.17) is 18.9 Å². The number of likely N-dealkylation sites (tertiary alicyclic amines) is 1. The lowest BCUT2D eigenvalue weighted by molar-refractivity contribution is -0.0768. The molecule has 0 unspecified atom stereocenters. The normalized spacial score (nSPS) is 26.5. The van der Waals surface area contributed by atoms with E-state index in [9.17, 15) is 0 Å². The van der Waals surface area contributed by atoms with E-state index in [0.717, 1.165) is 42.5 Å². The molecule has 1 saturated heterocycles. The van der Waals surface area contributed by atoms with Gasteiger partial charge in [0.2, 0.25) is 6.79 Å². The smallest absolute Gasteiger partial charge is 0.231 e. The standard InChI is InChI=1S/C22H25NO4/c1-22(23-9-3-4-10-23)13-18(15-5-7-16(24-2)8-6-15)17-11-20-21(26-14-25-20)12-19(17)27-22/h5-8,11-12,18H,3-4,9-10,13-14H2,1-2H3/t18-,22-/m1/s1. The number of rotatable bonds is 3. The van der Waals surface area contributed by atoms with Crippen molar-refractivity contribution in [2.45, 2.75) is 37.8 Å². The minimum Gasteiger partial charge on any atom is -0.497 e. The van der Waals surface area contributed by atoms with Gasteiger partial charge in [-0.25, -0.2) is 0 Å². The fourth-order valence-electron chi connectivity index (χ4n) is 4.58. The number of hydrogen-bond acceptors (Lipinski definition) is 5. The summed E-state index contributed by atoms with van der Waals surface area (Å²) in [5.74, 6) is 3.59. The van der Waals surface area contributed by atoms with E-state index in [1.807, 2.05) is 18.2 Å². The molecule has 1 fully saturated rings. The van der Waals surface area contributed by atoms with Crippen molar-refractivity contribution in [3.63, 3.8) is 0 Å². The van der Waals surface area contributed by atoms with Crippen molar-refractivity contribution in [3.05, 3.63) is 47.5 Å². The molecule has 2 aromatic carbocycles. The van der Waals surface area contributed by atoms with Gasteiger partial charge in [0.25, 0.3) is 0 Å².